The van der Waals surface area contributed by atoms with E-state index in [4.69, 9.17) is 10.5 Å². The summed E-state index contributed by atoms with van der Waals surface area (Å²) in [5.41, 5.74) is 5.62. The van der Waals surface area contributed by atoms with Crippen molar-refractivity contribution in [3.8, 4) is 0 Å². The highest BCUT2D eigenvalue weighted by molar-refractivity contribution is 5.39. The van der Waals surface area contributed by atoms with Crippen LogP contribution in [0.25, 0.3) is 0 Å². The topological polar surface area (TPSA) is 51.4 Å². The average Bonchev–Trinajstić information content (AvgIpc) is 2.31. The van der Waals surface area contributed by atoms with Crippen LogP contribution in [0.15, 0.2) is 24.4 Å². The van der Waals surface area contributed by atoms with Gasteiger partial charge in [0.2, 0.25) is 0 Å². The van der Waals surface area contributed by atoms with Crippen molar-refractivity contribution in [3.63, 3.8) is 0 Å². The van der Waals surface area contributed by atoms with E-state index >= 15 is 0 Å². The Morgan fingerprint density at radius 1 is 1.60 bits per heavy atom. The van der Waals surface area contributed by atoms with Crippen molar-refractivity contribution in [1.82, 2.24) is 4.98 Å². The summed E-state index contributed by atoms with van der Waals surface area (Å²) >= 11 is 0. The number of ether oxygens (including phenoxy) is 1. The van der Waals surface area contributed by atoms with Crippen molar-refractivity contribution < 1.29 is 4.74 Å². The molecule has 2 unspecified atom stereocenters. The third-order valence-electron chi connectivity index (χ3n) is 2.71. The van der Waals surface area contributed by atoms with Gasteiger partial charge in [0, 0.05) is 19.3 Å². The van der Waals surface area contributed by atoms with Crippen molar-refractivity contribution in [1.29, 1.82) is 0 Å². The molecule has 0 aliphatic carbocycles. The molecule has 0 radical (unpaired) electrons. The molecule has 4 nitrogen and oxygen atoms in total. The van der Waals surface area contributed by atoms with Crippen LogP contribution in [-0.4, -0.2) is 36.8 Å². The molecule has 2 heterocycles. The smallest absolute Gasteiger partial charge is 0.128 e. The fourth-order valence-electron chi connectivity index (χ4n) is 1.80. The molecule has 0 amide bonds. The minimum Gasteiger partial charge on any atom is -0.373 e. The van der Waals surface area contributed by atoms with E-state index in [9.17, 15) is 0 Å². The summed E-state index contributed by atoms with van der Waals surface area (Å²) in [7, 11) is 0. The maximum Gasteiger partial charge on any atom is 0.128 e. The fourth-order valence-corrected chi connectivity index (χ4v) is 1.80. The predicted octanol–water partition coefficient (Wildman–Crippen LogP) is 0.634. The summed E-state index contributed by atoms with van der Waals surface area (Å²) in [4.78, 5) is 6.60. The van der Waals surface area contributed by atoms with E-state index in [0.29, 0.717) is 12.6 Å². The highest BCUT2D eigenvalue weighted by Crippen LogP contribution is 2.18. The van der Waals surface area contributed by atoms with Crippen LogP contribution in [0.2, 0.25) is 0 Å². The molecule has 2 rings (SSSR count). The number of morpholine rings is 1. The number of nitrogens with zero attached hydrogens (tertiary/aromatic N) is 2. The van der Waals surface area contributed by atoms with Gasteiger partial charge in [0.05, 0.1) is 18.8 Å². The average molecular weight is 207 g/mol. The number of aromatic nitrogens is 1. The minimum absolute atomic E-state index is 0.128. The van der Waals surface area contributed by atoms with Gasteiger partial charge in [0.1, 0.15) is 5.82 Å². The van der Waals surface area contributed by atoms with Crippen LogP contribution in [-0.2, 0) is 4.74 Å². The third kappa shape index (κ3) is 2.27. The minimum atomic E-state index is 0.128. The zero-order valence-electron chi connectivity index (χ0n) is 8.97. The van der Waals surface area contributed by atoms with Crippen LogP contribution in [0, 0.1) is 0 Å². The van der Waals surface area contributed by atoms with Crippen LogP contribution in [0.1, 0.15) is 6.92 Å². The number of rotatable bonds is 2. The summed E-state index contributed by atoms with van der Waals surface area (Å²) < 4.78 is 5.60. The van der Waals surface area contributed by atoms with Crippen LogP contribution >= 0.6 is 0 Å². The first-order valence-electron chi connectivity index (χ1n) is 5.30. The Morgan fingerprint density at radius 3 is 3.13 bits per heavy atom. The summed E-state index contributed by atoms with van der Waals surface area (Å²) in [6.45, 7) is 4.25. The Labute approximate surface area is 90.0 Å². The van der Waals surface area contributed by atoms with Gasteiger partial charge in [0.25, 0.3) is 0 Å². The van der Waals surface area contributed by atoms with Crippen molar-refractivity contribution >= 4 is 5.82 Å². The molecule has 2 atom stereocenters. The normalized spacial score (nSPS) is 26.7. The van der Waals surface area contributed by atoms with E-state index in [0.717, 1.165) is 19.0 Å². The molecule has 0 aromatic carbocycles. The lowest BCUT2D eigenvalue weighted by Gasteiger charge is -2.38. The summed E-state index contributed by atoms with van der Waals surface area (Å²) in [6.07, 6.45) is 1.94. The molecule has 1 aliphatic rings. The molecule has 15 heavy (non-hydrogen) atoms. The number of anilines is 1. The largest absolute Gasteiger partial charge is 0.373 e. The van der Waals surface area contributed by atoms with Crippen molar-refractivity contribution in [3.05, 3.63) is 24.4 Å². The van der Waals surface area contributed by atoms with Crippen LogP contribution in [0.3, 0.4) is 0 Å². The van der Waals surface area contributed by atoms with Gasteiger partial charge < -0.3 is 15.4 Å². The maximum atomic E-state index is 5.62. The van der Waals surface area contributed by atoms with Gasteiger partial charge in [-0.15, -0.1) is 0 Å². The van der Waals surface area contributed by atoms with Gasteiger partial charge in [-0.3, -0.25) is 0 Å². The van der Waals surface area contributed by atoms with Gasteiger partial charge in [-0.1, -0.05) is 6.07 Å². The SMILES string of the molecule is CC1COC(CN)CN1c1ccccn1. The first-order chi connectivity index (χ1) is 7.31. The molecule has 2 N–H and O–H groups in total. The Bertz CT molecular complexity index is 304. The van der Waals surface area contributed by atoms with Crippen LogP contribution < -0.4 is 10.6 Å². The Hall–Kier alpha value is -1.13. The lowest BCUT2D eigenvalue weighted by molar-refractivity contribution is 0.0280. The van der Waals surface area contributed by atoms with E-state index in [1.54, 1.807) is 0 Å². The van der Waals surface area contributed by atoms with Gasteiger partial charge in [-0.2, -0.15) is 0 Å². The molecule has 4 heteroatoms. The zero-order valence-corrected chi connectivity index (χ0v) is 8.97. The summed E-state index contributed by atoms with van der Waals surface area (Å²) in [5.74, 6) is 1.01. The molecule has 0 saturated carbocycles. The highest BCUT2D eigenvalue weighted by Gasteiger charge is 2.25. The molecule has 1 aromatic rings. The molecular formula is C11H17N3O. The van der Waals surface area contributed by atoms with Gasteiger partial charge >= 0.3 is 0 Å². The highest BCUT2D eigenvalue weighted by atomic mass is 16.5. The van der Waals surface area contributed by atoms with Gasteiger partial charge in [0.15, 0.2) is 0 Å². The summed E-state index contributed by atoms with van der Waals surface area (Å²) in [5, 5.41) is 0. The van der Waals surface area contributed by atoms with Crippen molar-refractivity contribution in [2.45, 2.75) is 19.1 Å². The molecule has 1 aliphatic heterocycles. The number of nitrogens with two attached hydrogens (primary N) is 1. The van der Waals surface area contributed by atoms with Gasteiger partial charge in [-0.25, -0.2) is 4.98 Å². The molecule has 1 aromatic heterocycles. The van der Waals surface area contributed by atoms with E-state index < -0.39 is 0 Å². The standard InChI is InChI=1S/C11H17N3O/c1-9-8-15-10(6-12)7-14(9)11-4-2-3-5-13-11/h2-5,9-10H,6-8,12H2,1H3. The fraction of sp³-hybridized carbons (Fsp3) is 0.545. The van der Waals surface area contributed by atoms with E-state index in [-0.39, 0.29) is 6.10 Å². The molecular weight excluding hydrogens is 190 g/mol. The quantitative estimate of drug-likeness (QED) is 0.773. The lowest BCUT2D eigenvalue weighted by atomic mass is 10.2. The van der Waals surface area contributed by atoms with Crippen molar-refractivity contribution in [2.24, 2.45) is 5.73 Å². The second kappa shape index (κ2) is 4.59. The van der Waals surface area contributed by atoms with E-state index in [2.05, 4.69) is 16.8 Å². The first kappa shape index (κ1) is 10.4. The van der Waals surface area contributed by atoms with Crippen LogP contribution in [0.4, 0.5) is 5.82 Å². The molecule has 1 saturated heterocycles. The first-order valence-corrected chi connectivity index (χ1v) is 5.30. The third-order valence-corrected chi connectivity index (χ3v) is 2.71. The Kier molecular flexibility index (Phi) is 3.18. The van der Waals surface area contributed by atoms with E-state index in [1.807, 2.05) is 24.4 Å². The number of hydrogen-bond acceptors (Lipinski definition) is 4. The second-order valence-electron chi connectivity index (χ2n) is 3.88. The van der Waals surface area contributed by atoms with Crippen molar-refractivity contribution in [2.75, 3.05) is 24.6 Å². The van der Waals surface area contributed by atoms with E-state index in [1.165, 1.54) is 0 Å². The monoisotopic (exact) mass is 207 g/mol. The maximum absolute atomic E-state index is 5.62. The van der Waals surface area contributed by atoms with Gasteiger partial charge in [-0.05, 0) is 19.1 Å². The second-order valence-corrected chi connectivity index (χ2v) is 3.88. The van der Waals surface area contributed by atoms with Crippen LogP contribution in [0.5, 0.6) is 0 Å². The Morgan fingerprint density at radius 2 is 2.47 bits per heavy atom. The zero-order chi connectivity index (χ0) is 10.7. The molecule has 0 bridgehead atoms. The number of hydrogen-bond donors (Lipinski definition) is 1. The molecule has 82 valence electrons. The molecule has 1 fully saturated rings. The lowest BCUT2D eigenvalue weighted by Crippen LogP contribution is -2.51. The summed E-state index contributed by atoms with van der Waals surface area (Å²) in [6, 6.07) is 6.31. The Balaban J connectivity index is 2.13. The molecule has 0 spiro atoms. The predicted molar refractivity (Wildman–Crippen MR) is 59.8 cm³/mol. The number of pyridine rings is 1.